The van der Waals surface area contributed by atoms with E-state index in [0.717, 1.165) is 22.3 Å². The summed E-state index contributed by atoms with van der Waals surface area (Å²) in [5, 5.41) is 0. The second-order valence-corrected chi connectivity index (χ2v) is 8.37. The topological polar surface area (TPSA) is 209 Å². The molecule has 0 fully saturated rings. The van der Waals surface area contributed by atoms with Gasteiger partial charge in [-0.3, -0.25) is 0 Å². The van der Waals surface area contributed by atoms with Crippen LogP contribution in [0.4, 0.5) is 19.2 Å². The number of hydrogen-bond acceptors (Lipinski definition) is 8. The molecule has 0 saturated carbocycles. The van der Waals surface area contributed by atoms with Gasteiger partial charge in [0, 0.05) is 0 Å². The van der Waals surface area contributed by atoms with Crippen molar-refractivity contribution in [2.75, 3.05) is 0 Å². The fraction of sp³-hybridized carbons (Fsp3) is 0.125. The molecule has 232 valence electrons. The SMILES string of the molecule is NC(=O)OCc1ccccc1.NC(=O)OCc1ccccc1.NC(=O)OCc1ccccc1.NC(=O)OCc1ccccc1. The molecule has 4 amide bonds. The van der Waals surface area contributed by atoms with Crippen LogP contribution in [0.1, 0.15) is 22.3 Å². The maximum absolute atomic E-state index is 10.2. The van der Waals surface area contributed by atoms with Gasteiger partial charge in [0.1, 0.15) is 26.4 Å². The molecular formula is C32H36N4O8. The Hall–Kier alpha value is -6.04. The van der Waals surface area contributed by atoms with Crippen LogP contribution in [0.15, 0.2) is 121 Å². The van der Waals surface area contributed by atoms with E-state index >= 15 is 0 Å². The Morgan fingerprint density at radius 2 is 0.500 bits per heavy atom. The lowest BCUT2D eigenvalue weighted by Gasteiger charge is -1.99. The van der Waals surface area contributed by atoms with E-state index in [4.69, 9.17) is 22.9 Å². The van der Waals surface area contributed by atoms with Crippen LogP contribution in [-0.4, -0.2) is 24.4 Å². The van der Waals surface area contributed by atoms with Gasteiger partial charge >= 0.3 is 24.4 Å². The second kappa shape index (κ2) is 22.6. The molecule has 12 nitrogen and oxygen atoms in total. The molecule has 4 aromatic carbocycles. The van der Waals surface area contributed by atoms with Crippen LogP contribution in [0.25, 0.3) is 0 Å². The molecule has 0 bridgehead atoms. The van der Waals surface area contributed by atoms with Crippen molar-refractivity contribution < 1.29 is 38.1 Å². The molecule has 0 aromatic heterocycles. The van der Waals surface area contributed by atoms with Crippen molar-refractivity contribution in [3.8, 4) is 0 Å². The highest BCUT2D eigenvalue weighted by Gasteiger charge is 1.96. The number of primary amides is 4. The molecule has 0 saturated heterocycles. The maximum atomic E-state index is 10.2. The van der Waals surface area contributed by atoms with E-state index in [2.05, 4.69) is 18.9 Å². The summed E-state index contributed by atoms with van der Waals surface area (Å²) in [5.74, 6) is 0. The number of ether oxygens (including phenoxy) is 4. The minimum Gasteiger partial charge on any atom is -0.445 e. The highest BCUT2D eigenvalue weighted by atomic mass is 16.6. The first-order valence-corrected chi connectivity index (χ1v) is 13.0. The average Bonchev–Trinajstić information content (AvgIpc) is 3.04. The molecule has 0 aliphatic carbocycles. The summed E-state index contributed by atoms with van der Waals surface area (Å²) < 4.78 is 18.3. The van der Waals surface area contributed by atoms with Gasteiger partial charge in [0.15, 0.2) is 0 Å². The molecule has 44 heavy (non-hydrogen) atoms. The van der Waals surface area contributed by atoms with Gasteiger partial charge < -0.3 is 41.9 Å². The molecule has 0 aliphatic rings. The molecule has 0 spiro atoms. The van der Waals surface area contributed by atoms with Crippen LogP contribution in [0.2, 0.25) is 0 Å². The van der Waals surface area contributed by atoms with Crippen molar-refractivity contribution in [2.24, 2.45) is 22.9 Å². The van der Waals surface area contributed by atoms with Gasteiger partial charge in [-0.15, -0.1) is 0 Å². The Kier molecular flexibility index (Phi) is 18.5. The van der Waals surface area contributed by atoms with E-state index in [0.29, 0.717) is 0 Å². The van der Waals surface area contributed by atoms with Crippen LogP contribution < -0.4 is 22.9 Å². The van der Waals surface area contributed by atoms with Crippen molar-refractivity contribution >= 4 is 24.4 Å². The van der Waals surface area contributed by atoms with Crippen molar-refractivity contribution in [3.05, 3.63) is 144 Å². The summed E-state index contributed by atoms with van der Waals surface area (Å²) in [7, 11) is 0. The Bertz CT molecular complexity index is 1150. The minimum atomic E-state index is -0.742. The molecule has 4 aromatic rings. The predicted octanol–water partition coefficient (Wildman–Crippen LogP) is 5.13. The Labute approximate surface area is 255 Å². The first kappa shape index (κ1) is 36.0. The van der Waals surface area contributed by atoms with Gasteiger partial charge in [0.05, 0.1) is 0 Å². The second-order valence-electron chi connectivity index (χ2n) is 8.37. The lowest BCUT2D eigenvalue weighted by atomic mass is 10.2. The summed E-state index contributed by atoms with van der Waals surface area (Å²) in [6.07, 6.45) is -2.97. The van der Waals surface area contributed by atoms with Crippen molar-refractivity contribution in [2.45, 2.75) is 26.4 Å². The number of hydrogen-bond donors (Lipinski definition) is 4. The number of nitrogens with two attached hydrogens (primary N) is 4. The van der Waals surface area contributed by atoms with Gasteiger partial charge in [-0.1, -0.05) is 121 Å². The zero-order chi connectivity index (χ0) is 32.4. The highest BCUT2D eigenvalue weighted by molar-refractivity contribution is 5.65. The summed E-state index contributed by atoms with van der Waals surface area (Å²) in [6.45, 7) is 0.985. The van der Waals surface area contributed by atoms with Crippen molar-refractivity contribution in [1.82, 2.24) is 0 Å². The van der Waals surface area contributed by atoms with Crippen LogP contribution in [0.5, 0.6) is 0 Å². The zero-order valence-electron chi connectivity index (χ0n) is 24.0. The average molecular weight is 605 g/mol. The van der Waals surface area contributed by atoms with E-state index in [9.17, 15) is 19.2 Å². The van der Waals surface area contributed by atoms with Gasteiger partial charge in [-0.05, 0) is 22.3 Å². The standard InChI is InChI=1S/4C8H9NO2/c4*9-8(10)11-6-7-4-2-1-3-5-7/h4*1-5H,6H2,(H2,9,10). The summed E-state index contributed by atoms with van der Waals surface area (Å²) in [5.41, 5.74) is 22.9. The molecule has 0 heterocycles. The first-order valence-electron chi connectivity index (χ1n) is 13.0. The molecule has 0 atom stereocenters. The first-order chi connectivity index (χ1) is 21.2. The van der Waals surface area contributed by atoms with Gasteiger partial charge in [-0.2, -0.15) is 0 Å². The van der Waals surface area contributed by atoms with Crippen LogP contribution in [0, 0.1) is 0 Å². The lowest BCUT2D eigenvalue weighted by Crippen LogP contribution is -2.12. The monoisotopic (exact) mass is 604 g/mol. The number of amides is 4. The van der Waals surface area contributed by atoms with Crippen LogP contribution in [0.3, 0.4) is 0 Å². The van der Waals surface area contributed by atoms with Crippen molar-refractivity contribution in [3.63, 3.8) is 0 Å². The third kappa shape index (κ3) is 20.8. The Morgan fingerprint density at radius 3 is 0.636 bits per heavy atom. The molecule has 0 aliphatic heterocycles. The highest BCUT2D eigenvalue weighted by Crippen LogP contribution is 2.02. The van der Waals surface area contributed by atoms with E-state index < -0.39 is 24.4 Å². The molecule has 0 radical (unpaired) electrons. The number of rotatable bonds is 8. The maximum Gasteiger partial charge on any atom is 0.404 e. The minimum absolute atomic E-state index is 0.246. The van der Waals surface area contributed by atoms with Gasteiger partial charge in [-0.25, -0.2) is 19.2 Å². The molecule has 0 unspecified atom stereocenters. The van der Waals surface area contributed by atoms with E-state index in [1.54, 1.807) is 0 Å². The van der Waals surface area contributed by atoms with Gasteiger partial charge in [0.25, 0.3) is 0 Å². The third-order valence-corrected chi connectivity index (χ3v) is 4.90. The Morgan fingerprint density at radius 1 is 0.341 bits per heavy atom. The predicted molar refractivity (Wildman–Crippen MR) is 163 cm³/mol. The van der Waals surface area contributed by atoms with Gasteiger partial charge in [0.2, 0.25) is 0 Å². The number of carbonyl (C=O) groups is 4. The van der Waals surface area contributed by atoms with Crippen LogP contribution in [-0.2, 0) is 45.4 Å². The fourth-order valence-corrected chi connectivity index (χ4v) is 2.91. The fourth-order valence-electron chi connectivity index (χ4n) is 2.91. The quantitative estimate of drug-likeness (QED) is 0.198. The molecule has 12 heteroatoms. The largest absolute Gasteiger partial charge is 0.445 e. The number of carbonyl (C=O) groups excluding carboxylic acids is 4. The van der Waals surface area contributed by atoms with E-state index in [1.807, 2.05) is 121 Å². The molecule has 8 N–H and O–H groups in total. The summed E-state index contributed by atoms with van der Waals surface area (Å²) in [4.78, 5) is 40.7. The van der Waals surface area contributed by atoms with E-state index in [-0.39, 0.29) is 26.4 Å². The Balaban J connectivity index is 0.000000293. The third-order valence-electron chi connectivity index (χ3n) is 4.90. The number of benzene rings is 4. The van der Waals surface area contributed by atoms with Crippen LogP contribution >= 0.6 is 0 Å². The van der Waals surface area contributed by atoms with E-state index in [1.165, 1.54) is 0 Å². The normalized spacial score (nSPS) is 9.09. The molecular weight excluding hydrogens is 568 g/mol. The smallest absolute Gasteiger partial charge is 0.404 e. The lowest BCUT2D eigenvalue weighted by molar-refractivity contribution is 0.149. The zero-order valence-corrected chi connectivity index (χ0v) is 24.0. The molecule has 4 rings (SSSR count). The summed E-state index contributed by atoms with van der Waals surface area (Å²) in [6, 6.07) is 37.5. The summed E-state index contributed by atoms with van der Waals surface area (Å²) >= 11 is 0. The van der Waals surface area contributed by atoms with Crippen molar-refractivity contribution in [1.29, 1.82) is 0 Å².